The quantitative estimate of drug-likeness (QED) is 0.334. The average Bonchev–Trinajstić information content (AvgIpc) is 2.73. The lowest BCUT2D eigenvalue weighted by molar-refractivity contribution is -0.139. The van der Waals surface area contributed by atoms with Crippen LogP contribution >= 0.6 is 35.0 Å². The van der Waals surface area contributed by atoms with Gasteiger partial charge in [-0.2, -0.15) is 11.8 Å². The van der Waals surface area contributed by atoms with Crippen LogP contribution in [0.3, 0.4) is 0 Å². The molecule has 31 heavy (non-hydrogen) atoms. The number of halogens is 2. The number of Topliss-reactive ketones (excluding diaryl/α,β-unsaturated/α-hetero) is 1. The summed E-state index contributed by atoms with van der Waals surface area (Å²) in [6.45, 7) is 0. The normalized spacial score (nSPS) is 11.9. The summed E-state index contributed by atoms with van der Waals surface area (Å²) < 4.78 is 0. The van der Waals surface area contributed by atoms with Crippen LogP contribution in [-0.2, 0) is 20.8 Å². The molecule has 0 aliphatic heterocycles. The zero-order valence-corrected chi connectivity index (χ0v) is 19.1. The lowest BCUT2D eigenvalue weighted by atomic mass is 10.1. The van der Waals surface area contributed by atoms with E-state index >= 15 is 0 Å². The maximum Gasteiger partial charge on any atom is 0.305 e. The van der Waals surface area contributed by atoms with E-state index in [0.717, 1.165) is 18.6 Å². The second-order valence-corrected chi connectivity index (χ2v) is 8.66. The summed E-state index contributed by atoms with van der Waals surface area (Å²) in [7, 11) is 0. The van der Waals surface area contributed by atoms with E-state index in [1.54, 1.807) is 18.2 Å². The fourth-order valence-electron chi connectivity index (χ4n) is 2.77. The highest BCUT2D eigenvalue weighted by Gasteiger charge is 2.22. The third kappa shape index (κ3) is 9.17. The minimum Gasteiger partial charge on any atom is -0.481 e. The van der Waals surface area contributed by atoms with Crippen molar-refractivity contribution in [3.8, 4) is 0 Å². The van der Waals surface area contributed by atoms with Crippen molar-refractivity contribution in [3.05, 3.63) is 75.8 Å². The van der Waals surface area contributed by atoms with Crippen molar-refractivity contribution in [2.75, 3.05) is 11.5 Å². The Hall–Kier alpha value is -2.28. The highest BCUT2D eigenvalue weighted by atomic mass is 35.5. The van der Waals surface area contributed by atoms with Crippen molar-refractivity contribution in [1.29, 1.82) is 0 Å². The van der Waals surface area contributed by atoms with E-state index in [1.807, 2.05) is 18.2 Å². The first-order valence-corrected chi connectivity index (χ1v) is 11.6. The number of aliphatic carboxylic acids is 1. The van der Waals surface area contributed by atoms with Gasteiger partial charge in [-0.25, -0.2) is 0 Å². The monoisotopic (exact) mass is 479 g/mol. The SMILES string of the molecule is O=C(O)CC(NC(=O)/C=C/c1c(Cl)cccc1Cl)C(=O)CSCCCc1ccccc1. The molecule has 2 aromatic carbocycles. The highest BCUT2D eigenvalue weighted by molar-refractivity contribution is 7.99. The molecule has 0 saturated carbocycles. The molecule has 164 valence electrons. The summed E-state index contributed by atoms with van der Waals surface area (Å²) in [5, 5.41) is 12.3. The number of amides is 1. The molecule has 1 atom stereocenters. The van der Waals surface area contributed by atoms with Crippen LogP contribution in [0.2, 0.25) is 10.0 Å². The number of hydrogen-bond acceptors (Lipinski definition) is 4. The fraction of sp³-hybridized carbons (Fsp3) is 0.261. The van der Waals surface area contributed by atoms with Crippen LogP contribution in [0.5, 0.6) is 0 Å². The van der Waals surface area contributed by atoms with E-state index in [4.69, 9.17) is 28.3 Å². The zero-order valence-electron chi connectivity index (χ0n) is 16.7. The topological polar surface area (TPSA) is 83.5 Å². The third-order valence-electron chi connectivity index (χ3n) is 4.33. The molecule has 0 aliphatic carbocycles. The molecule has 0 radical (unpaired) electrons. The maximum atomic E-state index is 12.5. The van der Waals surface area contributed by atoms with Gasteiger partial charge < -0.3 is 10.4 Å². The molecule has 0 fully saturated rings. The van der Waals surface area contributed by atoms with Crippen LogP contribution in [0, 0.1) is 0 Å². The molecule has 0 spiro atoms. The van der Waals surface area contributed by atoms with Gasteiger partial charge in [-0.05, 0) is 42.4 Å². The largest absolute Gasteiger partial charge is 0.481 e. The Kier molecular flexibility index (Phi) is 10.6. The van der Waals surface area contributed by atoms with Crippen molar-refractivity contribution in [2.24, 2.45) is 0 Å². The first kappa shape index (κ1) is 25.0. The zero-order chi connectivity index (χ0) is 22.6. The van der Waals surface area contributed by atoms with Crippen LogP contribution in [0.25, 0.3) is 6.08 Å². The number of benzene rings is 2. The average molecular weight is 480 g/mol. The van der Waals surface area contributed by atoms with Crippen molar-refractivity contribution in [1.82, 2.24) is 5.32 Å². The molecule has 2 rings (SSSR count). The number of carboxylic acid groups (broad SMARTS) is 1. The van der Waals surface area contributed by atoms with E-state index < -0.39 is 24.3 Å². The minimum atomic E-state index is -1.16. The number of aryl methyl sites for hydroxylation is 1. The summed E-state index contributed by atoms with van der Waals surface area (Å²) >= 11 is 13.5. The molecule has 0 aromatic heterocycles. The second kappa shape index (κ2) is 13.2. The van der Waals surface area contributed by atoms with Gasteiger partial charge in [-0.1, -0.05) is 59.6 Å². The summed E-state index contributed by atoms with van der Waals surface area (Å²) in [6.07, 6.45) is 3.95. The Bertz CT molecular complexity index is 914. The van der Waals surface area contributed by atoms with Gasteiger partial charge in [0.15, 0.2) is 5.78 Å². The van der Waals surface area contributed by atoms with Gasteiger partial charge >= 0.3 is 5.97 Å². The predicted octanol–water partition coefficient (Wildman–Crippen LogP) is 4.90. The van der Waals surface area contributed by atoms with Gasteiger partial charge in [0.1, 0.15) is 0 Å². The summed E-state index contributed by atoms with van der Waals surface area (Å²) in [5.41, 5.74) is 1.70. The van der Waals surface area contributed by atoms with Crippen LogP contribution in [0.4, 0.5) is 0 Å². The number of rotatable bonds is 12. The van der Waals surface area contributed by atoms with Crippen molar-refractivity contribution < 1.29 is 19.5 Å². The first-order chi connectivity index (χ1) is 14.9. The molecule has 1 unspecified atom stereocenters. The van der Waals surface area contributed by atoms with Crippen molar-refractivity contribution in [3.63, 3.8) is 0 Å². The molecule has 2 N–H and O–H groups in total. The van der Waals surface area contributed by atoms with Crippen molar-refractivity contribution >= 4 is 58.7 Å². The molecule has 8 heteroatoms. The Labute approximate surface area is 195 Å². The van der Waals surface area contributed by atoms with Gasteiger partial charge in [0.05, 0.1) is 18.2 Å². The van der Waals surface area contributed by atoms with Gasteiger partial charge in [0.25, 0.3) is 0 Å². The Balaban J connectivity index is 1.85. The van der Waals surface area contributed by atoms with Crippen LogP contribution < -0.4 is 5.32 Å². The van der Waals surface area contributed by atoms with E-state index in [9.17, 15) is 14.4 Å². The van der Waals surface area contributed by atoms with Crippen LogP contribution in [-0.4, -0.2) is 40.3 Å². The Morgan fingerprint density at radius 1 is 1.03 bits per heavy atom. The predicted molar refractivity (Wildman–Crippen MR) is 127 cm³/mol. The molecule has 2 aromatic rings. The molecule has 0 saturated heterocycles. The van der Waals surface area contributed by atoms with E-state index in [2.05, 4.69) is 17.4 Å². The van der Waals surface area contributed by atoms with E-state index in [1.165, 1.54) is 29.5 Å². The molecular weight excluding hydrogens is 457 g/mol. The third-order valence-corrected chi connectivity index (χ3v) is 6.05. The first-order valence-electron chi connectivity index (χ1n) is 9.65. The molecular formula is C23H23Cl2NO4S. The number of thioether (sulfide) groups is 1. The molecule has 0 aliphatic rings. The number of nitrogens with one attached hydrogen (secondary N) is 1. The fourth-order valence-corrected chi connectivity index (χ4v) is 4.18. The summed E-state index contributed by atoms with van der Waals surface area (Å²) in [5.74, 6) is -1.19. The summed E-state index contributed by atoms with van der Waals surface area (Å²) in [6, 6.07) is 13.9. The van der Waals surface area contributed by atoms with Gasteiger partial charge in [-0.15, -0.1) is 0 Å². The van der Waals surface area contributed by atoms with Crippen molar-refractivity contribution in [2.45, 2.75) is 25.3 Å². The number of hydrogen-bond donors (Lipinski definition) is 2. The van der Waals surface area contributed by atoms with Gasteiger partial charge in [0, 0.05) is 21.7 Å². The van der Waals surface area contributed by atoms with Gasteiger partial charge in [0.2, 0.25) is 5.91 Å². The smallest absolute Gasteiger partial charge is 0.305 e. The number of carbonyl (C=O) groups is 3. The second-order valence-electron chi connectivity index (χ2n) is 6.74. The number of ketones is 1. The lowest BCUT2D eigenvalue weighted by Crippen LogP contribution is -2.42. The summed E-state index contributed by atoms with van der Waals surface area (Å²) in [4.78, 5) is 35.8. The van der Waals surface area contributed by atoms with E-state index in [0.29, 0.717) is 15.6 Å². The molecule has 5 nitrogen and oxygen atoms in total. The van der Waals surface area contributed by atoms with Crippen LogP contribution in [0.15, 0.2) is 54.6 Å². The van der Waals surface area contributed by atoms with Gasteiger partial charge in [-0.3, -0.25) is 14.4 Å². The Morgan fingerprint density at radius 2 is 1.71 bits per heavy atom. The highest BCUT2D eigenvalue weighted by Crippen LogP contribution is 2.25. The Morgan fingerprint density at radius 3 is 2.35 bits per heavy atom. The molecule has 0 heterocycles. The number of carboxylic acids is 1. The van der Waals surface area contributed by atoms with E-state index in [-0.39, 0.29) is 11.5 Å². The standard InChI is InChI=1S/C23H23Cl2NO4S/c24-18-9-4-10-19(25)17(18)11-12-22(28)26-20(14-23(29)30)21(27)15-31-13-5-8-16-6-2-1-3-7-16/h1-4,6-7,9-12,20H,5,8,13-15H2,(H,26,28)(H,29,30)/b12-11+. The molecule has 0 bridgehead atoms. The minimum absolute atomic E-state index is 0.132. The lowest BCUT2D eigenvalue weighted by Gasteiger charge is -2.14. The maximum absolute atomic E-state index is 12.5. The van der Waals surface area contributed by atoms with Crippen LogP contribution in [0.1, 0.15) is 24.0 Å². The number of carbonyl (C=O) groups excluding carboxylic acids is 2. The molecule has 1 amide bonds.